The van der Waals surface area contributed by atoms with Gasteiger partial charge in [0.1, 0.15) is 13.2 Å². The van der Waals surface area contributed by atoms with Crippen molar-refractivity contribution in [3.8, 4) is 11.5 Å². The van der Waals surface area contributed by atoms with E-state index in [4.69, 9.17) is 9.47 Å². The van der Waals surface area contributed by atoms with Crippen LogP contribution in [-0.4, -0.2) is 31.2 Å². The number of rotatable bonds is 2. The van der Waals surface area contributed by atoms with Crippen LogP contribution in [0, 0.1) is 16.7 Å². The summed E-state index contributed by atoms with van der Waals surface area (Å²) in [6.07, 6.45) is 3.34. The fourth-order valence-corrected chi connectivity index (χ4v) is 4.99. The lowest BCUT2D eigenvalue weighted by Gasteiger charge is -2.39. The molecular weight excluding hydrogens is 346 g/mol. The summed E-state index contributed by atoms with van der Waals surface area (Å²) in [4.78, 5) is 24.6. The van der Waals surface area contributed by atoms with Crippen molar-refractivity contribution in [3.05, 3.63) is 23.8 Å². The molecule has 1 heterocycles. The number of nitrogens with one attached hydrogen (secondary N) is 3. The molecule has 3 amide bonds. The van der Waals surface area contributed by atoms with Gasteiger partial charge in [-0.25, -0.2) is 10.2 Å². The van der Waals surface area contributed by atoms with E-state index >= 15 is 0 Å². The molecule has 27 heavy (non-hydrogen) atoms. The van der Waals surface area contributed by atoms with Crippen molar-refractivity contribution < 1.29 is 19.1 Å². The van der Waals surface area contributed by atoms with E-state index in [9.17, 15) is 9.59 Å². The summed E-state index contributed by atoms with van der Waals surface area (Å²) in [5.41, 5.74) is 5.64. The van der Waals surface area contributed by atoms with Crippen LogP contribution < -0.4 is 25.6 Å². The molecule has 4 rings (SSSR count). The summed E-state index contributed by atoms with van der Waals surface area (Å²) in [6, 6.07) is 4.69. The molecule has 2 saturated carbocycles. The highest BCUT2D eigenvalue weighted by atomic mass is 16.6. The first-order valence-electron chi connectivity index (χ1n) is 9.58. The minimum Gasteiger partial charge on any atom is -0.486 e. The summed E-state index contributed by atoms with van der Waals surface area (Å²) in [5, 5.41) is 3.05. The van der Waals surface area contributed by atoms with E-state index in [1.165, 1.54) is 6.42 Å². The molecule has 1 aromatic rings. The number of hydrazine groups is 1. The van der Waals surface area contributed by atoms with Crippen LogP contribution in [0.3, 0.4) is 0 Å². The second-order valence-corrected chi connectivity index (χ2v) is 8.57. The van der Waals surface area contributed by atoms with Crippen molar-refractivity contribution in [3.63, 3.8) is 0 Å². The number of fused-ring (bicyclic) bond motifs is 3. The zero-order valence-electron chi connectivity index (χ0n) is 16.1. The lowest BCUT2D eigenvalue weighted by atomic mass is 9.69. The van der Waals surface area contributed by atoms with Crippen molar-refractivity contribution in [2.24, 2.45) is 16.7 Å². The largest absolute Gasteiger partial charge is 0.486 e. The van der Waals surface area contributed by atoms with Crippen LogP contribution in [0.2, 0.25) is 0 Å². The molecule has 1 aromatic carbocycles. The number of ether oxygens (including phenoxy) is 2. The number of benzene rings is 1. The summed E-state index contributed by atoms with van der Waals surface area (Å²) >= 11 is 0. The van der Waals surface area contributed by atoms with E-state index < -0.39 is 5.91 Å². The lowest BCUT2D eigenvalue weighted by Crippen LogP contribution is -2.54. The Kier molecular flexibility index (Phi) is 4.20. The van der Waals surface area contributed by atoms with Crippen LogP contribution in [0.25, 0.3) is 0 Å². The average Bonchev–Trinajstić information content (AvgIpc) is 2.99. The topological polar surface area (TPSA) is 88.7 Å². The van der Waals surface area contributed by atoms with Crippen LogP contribution in [-0.2, 0) is 0 Å². The minimum atomic E-state index is -0.401. The number of carbonyl (C=O) groups is 2. The van der Waals surface area contributed by atoms with Gasteiger partial charge in [-0.05, 0) is 54.2 Å². The van der Waals surface area contributed by atoms with E-state index in [0.29, 0.717) is 36.2 Å². The van der Waals surface area contributed by atoms with Crippen LogP contribution in [0.1, 0.15) is 50.4 Å². The third kappa shape index (κ3) is 2.89. The highest BCUT2D eigenvalue weighted by Crippen LogP contribution is 2.65. The molecule has 0 unspecified atom stereocenters. The molecule has 7 heteroatoms. The summed E-state index contributed by atoms with van der Waals surface area (Å²) in [7, 11) is 0. The monoisotopic (exact) mass is 373 g/mol. The molecule has 2 aliphatic carbocycles. The Morgan fingerprint density at radius 2 is 1.81 bits per heavy atom. The fraction of sp³-hybridized carbons (Fsp3) is 0.600. The molecule has 1 aliphatic heterocycles. The quantitative estimate of drug-likeness (QED) is 0.696. The maximum absolute atomic E-state index is 12.3. The SMILES string of the molecule is CC1(C)[C@H]2CC[C@@]1(C)[C@H](NC(=O)NNC(=O)c1ccc3c(c1)OCCO3)C2. The number of urea groups is 1. The van der Waals surface area contributed by atoms with Gasteiger partial charge in [0.2, 0.25) is 0 Å². The van der Waals surface area contributed by atoms with Gasteiger partial charge in [-0.1, -0.05) is 20.8 Å². The molecule has 0 aromatic heterocycles. The highest BCUT2D eigenvalue weighted by molar-refractivity contribution is 5.95. The Labute approximate surface area is 159 Å². The predicted molar refractivity (Wildman–Crippen MR) is 99.6 cm³/mol. The van der Waals surface area contributed by atoms with Gasteiger partial charge in [-0.3, -0.25) is 10.2 Å². The fourth-order valence-electron chi connectivity index (χ4n) is 4.99. The van der Waals surface area contributed by atoms with Crippen LogP contribution >= 0.6 is 0 Å². The standard InChI is InChI=1S/C20H27N3O4/c1-19(2)13-6-7-20(19,3)16(11-13)21-18(25)23-22-17(24)12-4-5-14-15(10-12)27-9-8-26-14/h4-5,10,13,16H,6-9,11H2,1-3H3,(H,22,24)(H2,21,23,25)/t13-,16+,20-/m0/s1. The molecule has 0 spiro atoms. The first kappa shape index (κ1) is 17.9. The molecule has 3 aliphatic rings. The Morgan fingerprint density at radius 3 is 2.48 bits per heavy atom. The van der Waals surface area contributed by atoms with Gasteiger partial charge in [0.15, 0.2) is 11.5 Å². The predicted octanol–water partition coefficient (Wildman–Crippen LogP) is 2.62. The summed E-state index contributed by atoms with van der Waals surface area (Å²) in [6.45, 7) is 7.81. The Hall–Kier alpha value is -2.44. The van der Waals surface area contributed by atoms with E-state index in [1.807, 2.05) is 0 Å². The molecule has 0 radical (unpaired) electrons. The van der Waals surface area contributed by atoms with Crippen molar-refractivity contribution >= 4 is 11.9 Å². The van der Waals surface area contributed by atoms with Gasteiger partial charge in [-0.2, -0.15) is 0 Å². The van der Waals surface area contributed by atoms with Gasteiger partial charge in [0.25, 0.3) is 5.91 Å². The van der Waals surface area contributed by atoms with Crippen molar-refractivity contribution in [1.82, 2.24) is 16.2 Å². The second-order valence-electron chi connectivity index (χ2n) is 8.57. The van der Waals surface area contributed by atoms with Crippen LogP contribution in [0.15, 0.2) is 18.2 Å². The Balaban J connectivity index is 1.33. The Bertz CT molecular complexity index is 778. The van der Waals surface area contributed by atoms with E-state index in [2.05, 4.69) is 36.9 Å². The highest BCUT2D eigenvalue weighted by Gasteiger charge is 2.61. The molecule has 3 N–H and O–H groups in total. The lowest BCUT2D eigenvalue weighted by molar-refractivity contribution is 0.0930. The first-order chi connectivity index (χ1) is 12.8. The minimum absolute atomic E-state index is 0.0921. The first-order valence-corrected chi connectivity index (χ1v) is 9.58. The number of amides is 3. The third-order valence-electron chi connectivity index (χ3n) is 7.19. The maximum atomic E-state index is 12.3. The summed E-state index contributed by atoms with van der Waals surface area (Å²) < 4.78 is 10.9. The van der Waals surface area contributed by atoms with Crippen LogP contribution in [0.4, 0.5) is 4.79 Å². The number of hydrogen-bond donors (Lipinski definition) is 3. The van der Waals surface area contributed by atoms with Crippen LogP contribution in [0.5, 0.6) is 11.5 Å². The molecule has 146 valence electrons. The molecule has 2 fully saturated rings. The van der Waals surface area contributed by atoms with E-state index in [1.54, 1.807) is 18.2 Å². The van der Waals surface area contributed by atoms with Gasteiger partial charge < -0.3 is 14.8 Å². The molecule has 2 bridgehead atoms. The van der Waals surface area contributed by atoms with E-state index in [0.717, 1.165) is 12.8 Å². The Morgan fingerprint density at radius 1 is 1.07 bits per heavy atom. The smallest absolute Gasteiger partial charge is 0.333 e. The number of carbonyl (C=O) groups excluding carboxylic acids is 2. The summed E-state index contributed by atoms with van der Waals surface area (Å²) in [5.74, 6) is 1.40. The molecular formula is C20H27N3O4. The third-order valence-corrected chi connectivity index (χ3v) is 7.19. The average molecular weight is 373 g/mol. The van der Waals surface area contributed by atoms with E-state index in [-0.39, 0.29) is 22.9 Å². The molecule has 7 nitrogen and oxygen atoms in total. The zero-order chi connectivity index (χ0) is 19.2. The van der Waals surface area contributed by atoms with Crippen molar-refractivity contribution in [2.75, 3.05) is 13.2 Å². The van der Waals surface area contributed by atoms with Gasteiger partial charge in [0, 0.05) is 11.6 Å². The molecule has 3 atom stereocenters. The van der Waals surface area contributed by atoms with Gasteiger partial charge >= 0.3 is 6.03 Å². The number of hydrogen-bond acceptors (Lipinski definition) is 4. The zero-order valence-corrected chi connectivity index (χ0v) is 16.1. The van der Waals surface area contributed by atoms with Crippen molar-refractivity contribution in [1.29, 1.82) is 0 Å². The van der Waals surface area contributed by atoms with Gasteiger partial charge in [0.05, 0.1) is 0 Å². The molecule has 0 saturated heterocycles. The maximum Gasteiger partial charge on any atom is 0.333 e. The van der Waals surface area contributed by atoms with Gasteiger partial charge in [-0.15, -0.1) is 0 Å². The second kappa shape index (κ2) is 6.32. The van der Waals surface area contributed by atoms with Crippen molar-refractivity contribution in [2.45, 2.75) is 46.1 Å². The normalized spacial score (nSPS) is 29.9.